The lowest BCUT2D eigenvalue weighted by atomic mass is 10.2. The second-order valence-corrected chi connectivity index (χ2v) is 3.63. The maximum atomic E-state index is 11.3. The third kappa shape index (κ3) is 6.29. The minimum atomic E-state index is -0.823. The van der Waals surface area contributed by atoms with E-state index in [2.05, 4.69) is 20.5 Å². The van der Waals surface area contributed by atoms with Gasteiger partial charge in [0.15, 0.2) is 0 Å². The highest BCUT2D eigenvalue weighted by Gasteiger charge is 2.03. The number of aromatic nitrogens is 3. The van der Waals surface area contributed by atoms with E-state index in [1.807, 2.05) is 0 Å². The fourth-order valence-corrected chi connectivity index (χ4v) is 1.32. The molecule has 0 spiro atoms. The maximum absolute atomic E-state index is 11.3. The Balaban J connectivity index is 1.99. The average molecular weight is 240 g/mol. The minimum Gasteiger partial charge on any atom is -0.481 e. The molecule has 1 amide bonds. The van der Waals surface area contributed by atoms with E-state index in [1.165, 1.54) is 6.33 Å². The first-order valence-electron chi connectivity index (χ1n) is 5.51. The van der Waals surface area contributed by atoms with Crippen LogP contribution in [-0.4, -0.2) is 38.7 Å². The summed E-state index contributed by atoms with van der Waals surface area (Å²) < 4.78 is 0. The van der Waals surface area contributed by atoms with Crippen LogP contribution in [0.2, 0.25) is 0 Å². The van der Waals surface area contributed by atoms with Gasteiger partial charge in [-0.1, -0.05) is 0 Å². The van der Waals surface area contributed by atoms with Crippen molar-refractivity contribution in [2.24, 2.45) is 0 Å². The fraction of sp³-hybridized carbons (Fsp3) is 0.600. The molecule has 0 aliphatic carbocycles. The fourth-order valence-electron chi connectivity index (χ4n) is 1.32. The van der Waals surface area contributed by atoms with Crippen molar-refractivity contribution in [3.8, 4) is 0 Å². The average Bonchev–Trinajstić information content (AvgIpc) is 2.77. The van der Waals surface area contributed by atoms with Gasteiger partial charge in [-0.15, -0.1) is 0 Å². The molecule has 1 heterocycles. The van der Waals surface area contributed by atoms with Crippen LogP contribution in [0.3, 0.4) is 0 Å². The third-order valence-corrected chi connectivity index (χ3v) is 2.19. The number of carboxylic acid groups (broad SMARTS) is 1. The molecule has 0 bridgehead atoms. The lowest BCUT2D eigenvalue weighted by Gasteiger charge is -2.03. The highest BCUT2D eigenvalue weighted by atomic mass is 16.4. The van der Waals surface area contributed by atoms with Gasteiger partial charge in [-0.2, -0.15) is 5.10 Å². The van der Waals surface area contributed by atoms with Crippen molar-refractivity contribution in [2.45, 2.75) is 32.1 Å². The van der Waals surface area contributed by atoms with E-state index in [0.717, 1.165) is 5.82 Å². The standard InChI is InChI=1S/C10H16N4O3/c15-9(3-1-2-4-10(16)17)11-6-5-8-12-7-13-14-8/h7H,1-6H2,(H,11,15)(H,16,17)(H,12,13,14). The normalized spacial score (nSPS) is 10.1. The van der Waals surface area contributed by atoms with Gasteiger partial charge in [-0.3, -0.25) is 14.7 Å². The van der Waals surface area contributed by atoms with Crippen LogP contribution in [0, 0.1) is 0 Å². The number of H-pyrrole nitrogens is 1. The number of aliphatic carboxylic acids is 1. The lowest BCUT2D eigenvalue weighted by Crippen LogP contribution is -2.25. The van der Waals surface area contributed by atoms with Crippen LogP contribution >= 0.6 is 0 Å². The molecular formula is C10H16N4O3. The molecule has 94 valence electrons. The zero-order valence-electron chi connectivity index (χ0n) is 9.48. The first kappa shape index (κ1) is 13.1. The Morgan fingerprint density at radius 3 is 2.76 bits per heavy atom. The minimum absolute atomic E-state index is 0.0603. The van der Waals surface area contributed by atoms with E-state index < -0.39 is 5.97 Å². The third-order valence-electron chi connectivity index (χ3n) is 2.19. The molecule has 0 radical (unpaired) electrons. The molecule has 0 fully saturated rings. The summed E-state index contributed by atoms with van der Waals surface area (Å²) in [6.07, 6.45) is 3.64. The Morgan fingerprint density at radius 2 is 2.12 bits per heavy atom. The summed E-state index contributed by atoms with van der Waals surface area (Å²) in [5.41, 5.74) is 0. The van der Waals surface area contributed by atoms with Gasteiger partial charge < -0.3 is 10.4 Å². The van der Waals surface area contributed by atoms with Crippen molar-refractivity contribution < 1.29 is 14.7 Å². The Kier molecular flexibility index (Phi) is 5.70. The molecule has 17 heavy (non-hydrogen) atoms. The molecule has 0 atom stereocenters. The van der Waals surface area contributed by atoms with Gasteiger partial charge in [0.2, 0.25) is 5.91 Å². The number of carbonyl (C=O) groups excluding carboxylic acids is 1. The van der Waals surface area contributed by atoms with Crippen molar-refractivity contribution in [3.63, 3.8) is 0 Å². The van der Waals surface area contributed by atoms with E-state index >= 15 is 0 Å². The Labute approximate surface area is 98.6 Å². The van der Waals surface area contributed by atoms with Crippen molar-refractivity contribution in [2.75, 3.05) is 6.54 Å². The largest absolute Gasteiger partial charge is 0.481 e. The van der Waals surface area contributed by atoms with E-state index in [0.29, 0.717) is 32.2 Å². The predicted octanol–water partition coefficient (Wildman–Crippen LogP) is 0.108. The van der Waals surface area contributed by atoms with E-state index in [-0.39, 0.29) is 12.3 Å². The second kappa shape index (κ2) is 7.37. The summed E-state index contributed by atoms with van der Waals surface area (Å²) in [5.74, 6) is -0.151. The number of rotatable bonds is 8. The molecule has 0 aliphatic rings. The zero-order chi connectivity index (χ0) is 12.5. The van der Waals surface area contributed by atoms with Gasteiger partial charge in [-0.05, 0) is 12.8 Å². The van der Waals surface area contributed by atoms with Crippen LogP contribution in [0.25, 0.3) is 0 Å². The predicted molar refractivity (Wildman–Crippen MR) is 59.2 cm³/mol. The van der Waals surface area contributed by atoms with Crippen molar-refractivity contribution in [1.82, 2.24) is 20.5 Å². The summed E-state index contributed by atoms with van der Waals surface area (Å²) in [6.45, 7) is 0.507. The second-order valence-electron chi connectivity index (χ2n) is 3.63. The Hall–Kier alpha value is -1.92. The van der Waals surface area contributed by atoms with E-state index in [4.69, 9.17) is 5.11 Å². The highest BCUT2D eigenvalue weighted by Crippen LogP contribution is 1.99. The molecule has 1 aromatic rings. The van der Waals surface area contributed by atoms with Gasteiger partial charge in [0.05, 0.1) is 0 Å². The van der Waals surface area contributed by atoms with Gasteiger partial charge in [0.25, 0.3) is 0 Å². The summed E-state index contributed by atoms with van der Waals surface area (Å²) in [6, 6.07) is 0. The molecule has 0 saturated heterocycles. The number of hydrogen-bond acceptors (Lipinski definition) is 4. The van der Waals surface area contributed by atoms with Crippen molar-refractivity contribution >= 4 is 11.9 Å². The number of aromatic amines is 1. The summed E-state index contributed by atoms with van der Waals surface area (Å²) in [4.78, 5) is 25.5. The summed E-state index contributed by atoms with van der Waals surface area (Å²) in [5, 5.41) is 17.5. The van der Waals surface area contributed by atoms with Gasteiger partial charge in [0.1, 0.15) is 12.2 Å². The molecule has 0 aliphatic heterocycles. The van der Waals surface area contributed by atoms with Crippen LogP contribution in [0.1, 0.15) is 31.5 Å². The first-order valence-corrected chi connectivity index (χ1v) is 5.51. The lowest BCUT2D eigenvalue weighted by molar-refractivity contribution is -0.137. The number of nitrogens with one attached hydrogen (secondary N) is 2. The van der Waals surface area contributed by atoms with Crippen LogP contribution in [0.5, 0.6) is 0 Å². The van der Waals surface area contributed by atoms with Crippen LogP contribution < -0.4 is 5.32 Å². The van der Waals surface area contributed by atoms with Crippen LogP contribution in [0.4, 0.5) is 0 Å². The maximum Gasteiger partial charge on any atom is 0.303 e. The van der Waals surface area contributed by atoms with Gasteiger partial charge in [-0.25, -0.2) is 4.98 Å². The van der Waals surface area contributed by atoms with Crippen molar-refractivity contribution in [3.05, 3.63) is 12.2 Å². The van der Waals surface area contributed by atoms with Gasteiger partial charge >= 0.3 is 5.97 Å². The monoisotopic (exact) mass is 240 g/mol. The number of unbranched alkanes of at least 4 members (excludes halogenated alkanes) is 1. The van der Waals surface area contributed by atoms with Crippen molar-refractivity contribution in [1.29, 1.82) is 0 Å². The number of amides is 1. The van der Waals surface area contributed by atoms with Gasteiger partial charge in [0, 0.05) is 25.8 Å². The summed E-state index contributed by atoms with van der Waals surface area (Å²) in [7, 11) is 0. The molecule has 1 aromatic heterocycles. The number of carbonyl (C=O) groups is 2. The molecule has 7 nitrogen and oxygen atoms in total. The molecule has 7 heteroatoms. The molecule has 3 N–H and O–H groups in total. The summed E-state index contributed by atoms with van der Waals surface area (Å²) >= 11 is 0. The Morgan fingerprint density at radius 1 is 1.35 bits per heavy atom. The van der Waals surface area contributed by atoms with Crippen LogP contribution in [-0.2, 0) is 16.0 Å². The first-order chi connectivity index (χ1) is 8.18. The molecule has 0 unspecified atom stereocenters. The van der Waals surface area contributed by atoms with E-state index in [9.17, 15) is 9.59 Å². The number of nitrogens with zero attached hydrogens (tertiary/aromatic N) is 2. The number of carboxylic acids is 1. The molecule has 1 rings (SSSR count). The Bertz CT molecular complexity index is 350. The number of hydrogen-bond donors (Lipinski definition) is 3. The molecular weight excluding hydrogens is 224 g/mol. The quantitative estimate of drug-likeness (QED) is 0.559. The SMILES string of the molecule is O=C(O)CCCCC(=O)NCCc1ncn[nH]1. The topological polar surface area (TPSA) is 108 Å². The molecule has 0 aromatic carbocycles. The van der Waals surface area contributed by atoms with Crippen LogP contribution in [0.15, 0.2) is 6.33 Å². The molecule has 0 saturated carbocycles. The zero-order valence-corrected chi connectivity index (χ0v) is 9.48. The highest BCUT2D eigenvalue weighted by molar-refractivity contribution is 5.75. The smallest absolute Gasteiger partial charge is 0.303 e. The van der Waals surface area contributed by atoms with E-state index in [1.54, 1.807) is 0 Å².